The zero-order chi connectivity index (χ0) is 8.49. The molecule has 0 fully saturated rings. The van der Waals surface area contributed by atoms with Crippen molar-refractivity contribution in [3.63, 3.8) is 0 Å². The molecule has 0 aromatic rings. The lowest BCUT2D eigenvalue weighted by Gasteiger charge is -2.02. The van der Waals surface area contributed by atoms with E-state index >= 15 is 0 Å². The Morgan fingerprint density at radius 1 is 0.750 bits per heavy atom. The van der Waals surface area contributed by atoms with Crippen molar-refractivity contribution in [2.75, 3.05) is 13.2 Å². The highest BCUT2D eigenvalue weighted by molar-refractivity contribution is 4.47. The molecule has 0 aliphatic carbocycles. The summed E-state index contributed by atoms with van der Waals surface area (Å²) in [5.41, 5.74) is 0. The Morgan fingerprint density at radius 2 is 1.42 bits per heavy atom. The molecule has 0 radical (unpaired) electrons. The van der Waals surface area contributed by atoms with Gasteiger partial charge in [0.1, 0.15) is 6.61 Å². The Kier molecular flexibility index (Phi) is 5.59. The second-order valence-electron chi connectivity index (χ2n) is 3.25. The van der Waals surface area contributed by atoms with Gasteiger partial charge < -0.3 is 4.84 Å². The Morgan fingerprint density at radius 3 is 2.25 bits per heavy atom. The van der Waals surface area contributed by atoms with Crippen LogP contribution in [0.5, 0.6) is 0 Å². The van der Waals surface area contributed by atoms with Gasteiger partial charge in [-0.3, -0.25) is 0 Å². The summed E-state index contributed by atoms with van der Waals surface area (Å²) in [6.07, 6.45) is 8.93. The number of rotatable bonds is 0. The molecule has 0 saturated carbocycles. The molecule has 0 amide bonds. The summed E-state index contributed by atoms with van der Waals surface area (Å²) in [6.45, 7) is 1.57. The third-order valence-electron chi connectivity index (χ3n) is 2.11. The molecule has 0 unspecified atom stereocenters. The summed E-state index contributed by atoms with van der Waals surface area (Å²) in [5, 5.41) is 7.54. The predicted molar refractivity (Wildman–Crippen MR) is 48.0 cm³/mol. The summed E-state index contributed by atoms with van der Waals surface area (Å²) in [6, 6.07) is 0. The lowest BCUT2D eigenvalue weighted by molar-refractivity contribution is 0.117. The number of nitrogens with zero attached hydrogens (tertiary/aromatic N) is 2. The molecule has 0 N–H and O–H groups in total. The fourth-order valence-corrected chi connectivity index (χ4v) is 1.36. The van der Waals surface area contributed by atoms with Crippen LogP contribution in [0.15, 0.2) is 10.4 Å². The third-order valence-corrected chi connectivity index (χ3v) is 2.11. The quantitative estimate of drug-likeness (QED) is 0.550. The van der Waals surface area contributed by atoms with E-state index in [0.29, 0.717) is 0 Å². The second-order valence-corrected chi connectivity index (χ2v) is 3.25. The average molecular weight is 170 g/mol. The maximum absolute atomic E-state index is 4.96. The van der Waals surface area contributed by atoms with Gasteiger partial charge in [0.05, 0.1) is 6.54 Å². The van der Waals surface area contributed by atoms with E-state index < -0.39 is 0 Å². The lowest BCUT2D eigenvalue weighted by atomic mass is 10.1. The minimum absolute atomic E-state index is 0.740. The van der Waals surface area contributed by atoms with E-state index in [2.05, 4.69) is 10.4 Å². The minimum Gasteiger partial charge on any atom is -0.380 e. The molecule has 70 valence electrons. The molecule has 12 heavy (non-hydrogen) atoms. The molecule has 3 heteroatoms. The van der Waals surface area contributed by atoms with E-state index in [9.17, 15) is 0 Å². The van der Waals surface area contributed by atoms with Gasteiger partial charge in [-0.1, -0.05) is 25.7 Å². The van der Waals surface area contributed by atoms with Crippen LogP contribution in [0.1, 0.15) is 44.9 Å². The first-order valence-electron chi connectivity index (χ1n) is 4.99. The van der Waals surface area contributed by atoms with E-state index in [1.807, 2.05) is 0 Å². The molecule has 0 aromatic carbocycles. The first-order chi connectivity index (χ1) is 6.00. The Bertz CT molecular complexity index is 112. The van der Waals surface area contributed by atoms with E-state index in [1.165, 1.54) is 32.1 Å². The van der Waals surface area contributed by atoms with E-state index in [-0.39, 0.29) is 0 Å². The fraction of sp³-hybridized carbons (Fsp3) is 1.00. The summed E-state index contributed by atoms with van der Waals surface area (Å²) >= 11 is 0. The van der Waals surface area contributed by atoms with Gasteiger partial charge in [0.25, 0.3) is 0 Å². The van der Waals surface area contributed by atoms with Crippen LogP contribution in [0.3, 0.4) is 0 Å². The normalized spacial score (nSPS) is 24.7. The molecular weight excluding hydrogens is 152 g/mol. The zero-order valence-corrected chi connectivity index (χ0v) is 7.67. The number of hydrogen-bond acceptors (Lipinski definition) is 3. The molecule has 1 rings (SSSR count). The van der Waals surface area contributed by atoms with Crippen LogP contribution in [0, 0.1) is 0 Å². The third kappa shape index (κ3) is 5.10. The van der Waals surface area contributed by atoms with Gasteiger partial charge in [-0.2, -0.15) is 5.11 Å². The molecule has 3 nitrogen and oxygen atoms in total. The topological polar surface area (TPSA) is 34.0 Å². The molecule has 0 spiro atoms. The SMILES string of the molecule is C1CCCC/N=N\OCCCC1. The van der Waals surface area contributed by atoms with Gasteiger partial charge in [0.2, 0.25) is 0 Å². The van der Waals surface area contributed by atoms with Gasteiger partial charge in [0, 0.05) is 5.28 Å². The van der Waals surface area contributed by atoms with Crippen molar-refractivity contribution in [3.8, 4) is 0 Å². The first-order valence-corrected chi connectivity index (χ1v) is 4.99. The Balaban J connectivity index is 2.10. The molecule has 1 aliphatic heterocycles. The standard InChI is InChI=1S/C9H18N2O/c1-2-4-6-8-10-11-12-9-7-5-3-1/h1-9H2/b11-10-. The molecule has 1 aliphatic rings. The van der Waals surface area contributed by atoms with Crippen LogP contribution < -0.4 is 0 Å². The fourth-order valence-electron chi connectivity index (χ4n) is 1.36. The maximum Gasteiger partial charge on any atom is 0.119 e. The van der Waals surface area contributed by atoms with Crippen LogP contribution in [-0.4, -0.2) is 13.2 Å². The van der Waals surface area contributed by atoms with Crippen LogP contribution in [0.4, 0.5) is 0 Å². The van der Waals surface area contributed by atoms with Crippen molar-refractivity contribution < 1.29 is 4.84 Å². The largest absolute Gasteiger partial charge is 0.380 e. The highest BCUT2D eigenvalue weighted by Gasteiger charge is 1.93. The molecule has 0 aromatic heterocycles. The highest BCUT2D eigenvalue weighted by Crippen LogP contribution is 2.08. The van der Waals surface area contributed by atoms with Crippen molar-refractivity contribution in [1.29, 1.82) is 0 Å². The van der Waals surface area contributed by atoms with Gasteiger partial charge in [-0.25, -0.2) is 0 Å². The minimum atomic E-state index is 0.740. The summed E-state index contributed by atoms with van der Waals surface area (Å²) < 4.78 is 0. The van der Waals surface area contributed by atoms with Gasteiger partial charge in [-0.15, -0.1) is 0 Å². The average Bonchev–Trinajstić information content (AvgIpc) is 2.05. The molecule has 0 bridgehead atoms. The summed E-state index contributed by atoms with van der Waals surface area (Å²) in [4.78, 5) is 4.96. The van der Waals surface area contributed by atoms with Crippen molar-refractivity contribution in [2.45, 2.75) is 44.9 Å². The van der Waals surface area contributed by atoms with E-state index in [0.717, 1.165) is 26.0 Å². The molecular formula is C9H18N2O. The van der Waals surface area contributed by atoms with Gasteiger partial charge >= 0.3 is 0 Å². The van der Waals surface area contributed by atoms with Crippen molar-refractivity contribution >= 4 is 0 Å². The van der Waals surface area contributed by atoms with E-state index in [1.54, 1.807) is 0 Å². The van der Waals surface area contributed by atoms with Crippen molar-refractivity contribution in [2.24, 2.45) is 10.4 Å². The second kappa shape index (κ2) is 7.07. The number of hydrogen-bond donors (Lipinski definition) is 0. The maximum atomic E-state index is 4.96. The zero-order valence-electron chi connectivity index (χ0n) is 7.67. The van der Waals surface area contributed by atoms with Crippen LogP contribution in [0.2, 0.25) is 0 Å². The van der Waals surface area contributed by atoms with Crippen LogP contribution in [-0.2, 0) is 4.84 Å². The summed E-state index contributed by atoms with van der Waals surface area (Å²) in [5.74, 6) is 0. The Hall–Kier alpha value is -0.600. The van der Waals surface area contributed by atoms with Crippen molar-refractivity contribution in [1.82, 2.24) is 0 Å². The highest BCUT2D eigenvalue weighted by atomic mass is 16.6. The Labute approximate surface area is 74.2 Å². The summed E-state index contributed by atoms with van der Waals surface area (Å²) in [7, 11) is 0. The predicted octanol–water partition coefficient (Wildman–Crippen LogP) is 3.11. The monoisotopic (exact) mass is 170 g/mol. The molecule has 1 heterocycles. The lowest BCUT2D eigenvalue weighted by Crippen LogP contribution is -1.90. The smallest absolute Gasteiger partial charge is 0.119 e. The molecule has 0 atom stereocenters. The van der Waals surface area contributed by atoms with Gasteiger partial charge in [0.15, 0.2) is 0 Å². The van der Waals surface area contributed by atoms with E-state index in [4.69, 9.17) is 4.84 Å². The first kappa shape index (κ1) is 9.49. The van der Waals surface area contributed by atoms with Crippen molar-refractivity contribution in [3.05, 3.63) is 0 Å². The van der Waals surface area contributed by atoms with Gasteiger partial charge in [-0.05, 0) is 19.3 Å². The molecule has 0 saturated heterocycles. The van der Waals surface area contributed by atoms with Crippen LogP contribution >= 0.6 is 0 Å². The van der Waals surface area contributed by atoms with Crippen LogP contribution in [0.25, 0.3) is 0 Å².